The Hall–Kier alpha value is -1.13. The van der Waals surface area contributed by atoms with Crippen LogP contribution in [0.1, 0.15) is 38.4 Å². The standard InChI is InChI=1S/C17H30N4/c1-5-18-11-15-12-19-14(4)10-17(15)21-9-8-16(13-21)20(6-2)7-3/h10,12,16,18H,5-9,11,13H2,1-4H3. The molecule has 1 aromatic rings. The summed E-state index contributed by atoms with van der Waals surface area (Å²) in [5, 5.41) is 3.43. The molecule has 1 aliphatic heterocycles. The van der Waals surface area contributed by atoms with Crippen molar-refractivity contribution in [1.82, 2.24) is 15.2 Å². The van der Waals surface area contributed by atoms with Gasteiger partial charge in [-0.2, -0.15) is 0 Å². The van der Waals surface area contributed by atoms with Gasteiger partial charge in [0.15, 0.2) is 0 Å². The van der Waals surface area contributed by atoms with E-state index in [0.29, 0.717) is 6.04 Å². The van der Waals surface area contributed by atoms with E-state index in [1.807, 2.05) is 6.20 Å². The van der Waals surface area contributed by atoms with Crippen molar-refractivity contribution in [3.8, 4) is 0 Å². The third-order valence-electron chi connectivity index (χ3n) is 4.50. The SMILES string of the molecule is CCNCc1cnc(C)cc1N1CCC(N(CC)CC)C1. The van der Waals surface area contributed by atoms with Crippen molar-refractivity contribution in [1.29, 1.82) is 0 Å². The molecule has 0 bridgehead atoms. The van der Waals surface area contributed by atoms with E-state index in [9.17, 15) is 0 Å². The van der Waals surface area contributed by atoms with Crippen LogP contribution in [-0.2, 0) is 6.54 Å². The summed E-state index contributed by atoms with van der Waals surface area (Å²) in [6, 6.07) is 2.94. The van der Waals surface area contributed by atoms with Crippen molar-refractivity contribution in [2.45, 2.75) is 46.7 Å². The third-order valence-corrected chi connectivity index (χ3v) is 4.50. The molecule has 1 aliphatic rings. The molecule has 118 valence electrons. The molecule has 0 saturated carbocycles. The number of nitrogens with one attached hydrogen (secondary N) is 1. The van der Waals surface area contributed by atoms with Crippen LogP contribution in [0.3, 0.4) is 0 Å². The van der Waals surface area contributed by atoms with Gasteiger partial charge in [-0.05, 0) is 39.0 Å². The highest BCUT2D eigenvalue weighted by molar-refractivity contribution is 5.54. The van der Waals surface area contributed by atoms with Crippen molar-refractivity contribution in [3.63, 3.8) is 0 Å². The van der Waals surface area contributed by atoms with Gasteiger partial charge < -0.3 is 10.2 Å². The van der Waals surface area contributed by atoms with Crippen LogP contribution in [-0.4, -0.2) is 48.6 Å². The Kier molecular flexibility index (Phi) is 6.00. The van der Waals surface area contributed by atoms with Gasteiger partial charge in [0.05, 0.1) is 0 Å². The molecule has 1 unspecified atom stereocenters. The van der Waals surface area contributed by atoms with Crippen LogP contribution in [0.5, 0.6) is 0 Å². The molecule has 1 atom stereocenters. The fraction of sp³-hybridized carbons (Fsp3) is 0.706. The Balaban J connectivity index is 2.12. The topological polar surface area (TPSA) is 31.4 Å². The molecule has 0 aromatic carbocycles. The van der Waals surface area contributed by atoms with Gasteiger partial charge in [0.2, 0.25) is 0 Å². The molecule has 0 amide bonds. The maximum Gasteiger partial charge on any atom is 0.0446 e. The maximum atomic E-state index is 4.47. The second kappa shape index (κ2) is 7.76. The van der Waals surface area contributed by atoms with E-state index in [4.69, 9.17) is 0 Å². The molecular formula is C17H30N4. The van der Waals surface area contributed by atoms with Gasteiger partial charge in [0, 0.05) is 48.8 Å². The first-order chi connectivity index (χ1) is 10.2. The van der Waals surface area contributed by atoms with Crippen molar-refractivity contribution in [3.05, 3.63) is 23.5 Å². The predicted molar refractivity (Wildman–Crippen MR) is 89.9 cm³/mol. The molecule has 4 nitrogen and oxygen atoms in total. The number of pyridine rings is 1. The summed E-state index contributed by atoms with van der Waals surface area (Å²) in [5.74, 6) is 0. The predicted octanol–water partition coefficient (Wildman–Crippen LogP) is 2.42. The maximum absolute atomic E-state index is 4.47. The van der Waals surface area contributed by atoms with Crippen LogP contribution >= 0.6 is 0 Å². The molecule has 2 rings (SSSR count). The first kappa shape index (κ1) is 16.2. The Morgan fingerprint density at radius 2 is 2.10 bits per heavy atom. The molecule has 0 spiro atoms. The van der Waals surface area contributed by atoms with E-state index < -0.39 is 0 Å². The lowest BCUT2D eigenvalue weighted by atomic mass is 10.2. The van der Waals surface area contributed by atoms with Crippen LogP contribution in [0, 0.1) is 6.92 Å². The van der Waals surface area contributed by atoms with E-state index in [2.05, 4.69) is 53.9 Å². The smallest absolute Gasteiger partial charge is 0.0446 e. The molecule has 1 aromatic heterocycles. The van der Waals surface area contributed by atoms with Gasteiger partial charge >= 0.3 is 0 Å². The number of anilines is 1. The average molecular weight is 290 g/mol. The van der Waals surface area contributed by atoms with Crippen LogP contribution in [0.4, 0.5) is 5.69 Å². The quantitative estimate of drug-likeness (QED) is 0.836. The minimum Gasteiger partial charge on any atom is -0.370 e. The third kappa shape index (κ3) is 3.95. The summed E-state index contributed by atoms with van der Waals surface area (Å²) in [6.45, 7) is 15.3. The number of hydrogen-bond acceptors (Lipinski definition) is 4. The zero-order valence-electron chi connectivity index (χ0n) is 14.0. The molecule has 21 heavy (non-hydrogen) atoms. The van der Waals surface area contributed by atoms with E-state index in [1.54, 1.807) is 0 Å². The number of nitrogens with zero attached hydrogens (tertiary/aromatic N) is 3. The van der Waals surface area contributed by atoms with Crippen molar-refractivity contribution in [2.75, 3.05) is 37.6 Å². The van der Waals surface area contributed by atoms with Gasteiger partial charge in [-0.1, -0.05) is 20.8 Å². The molecule has 0 radical (unpaired) electrons. The summed E-state index contributed by atoms with van der Waals surface area (Å²) in [5.41, 5.74) is 3.80. The second-order valence-electron chi connectivity index (χ2n) is 5.84. The fourth-order valence-corrected chi connectivity index (χ4v) is 3.26. The van der Waals surface area contributed by atoms with Gasteiger partial charge in [0.25, 0.3) is 0 Å². The van der Waals surface area contributed by atoms with Gasteiger partial charge in [-0.15, -0.1) is 0 Å². The summed E-state index contributed by atoms with van der Waals surface area (Å²) >= 11 is 0. The molecular weight excluding hydrogens is 260 g/mol. The van der Waals surface area contributed by atoms with Gasteiger partial charge in [-0.3, -0.25) is 9.88 Å². The summed E-state index contributed by atoms with van der Waals surface area (Å²) in [7, 11) is 0. The van der Waals surface area contributed by atoms with Crippen molar-refractivity contribution < 1.29 is 0 Å². The van der Waals surface area contributed by atoms with Crippen LogP contribution in [0.15, 0.2) is 12.3 Å². The highest BCUT2D eigenvalue weighted by Gasteiger charge is 2.27. The highest BCUT2D eigenvalue weighted by atomic mass is 15.3. The van der Waals surface area contributed by atoms with E-state index in [0.717, 1.165) is 45.0 Å². The molecule has 0 aliphatic carbocycles. The second-order valence-corrected chi connectivity index (χ2v) is 5.84. The highest BCUT2D eigenvalue weighted by Crippen LogP contribution is 2.26. The van der Waals surface area contributed by atoms with Gasteiger partial charge in [0.1, 0.15) is 0 Å². The number of likely N-dealkylation sites (N-methyl/N-ethyl adjacent to an activating group) is 1. The van der Waals surface area contributed by atoms with E-state index >= 15 is 0 Å². The monoisotopic (exact) mass is 290 g/mol. The Labute approximate surface area is 129 Å². The number of aryl methyl sites for hydroxylation is 1. The average Bonchev–Trinajstić information content (AvgIpc) is 2.97. The zero-order valence-corrected chi connectivity index (χ0v) is 14.0. The molecule has 4 heteroatoms. The summed E-state index contributed by atoms with van der Waals surface area (Å²) in [4.78, 5) is 9.60. The normalized spacial score (nSPS) is 18.7. The minimum atomic E-state index is 0.695. The number of hydrogen-bond donors (Lipinski definition) is 1. The molecule has 1 saturated heterocycles. The van der Waals surface area contributed by atoms with E-state index in [1.165, 1.54) is 17.7 Å². The van der Waals surface area contributed by atoms with E-state index in [-0.39, 0.29) is 0 Å². The first-order valence-corrected chi connectivity index (χ1v) is 8.34. The van der Waals surface area contributed by atoms with Crippen LogP contribution < -0.4 is 10.2 Å². The lowest BCUT2D eigenvalue weighted by Gasteiger charge is -2.27. The Bertz CT molecular complexity index is 442. The first-order valence-electron chi connectivity index (χ1n) is 8.34. The number of aromatic nitrogens is 1. The number of rotatable bonds is 7. The van der Waals surface area contributed by atoms with Crippen molar-refractivity contribution in [2.24, 2.45) is 0 Å². The minimum absolute atomic E-state index is 0.695. The molecule has 1 fully saturated rings. The van der Waals surface area contributed by atoms with Crippen LogP contribution in [0.25, 0.3) is 0 Å². The molecule has 2 heterocycles. The Morgan fingerprint density at radius 3 is 2.76 bits per heavy atom. The largest absolute Gasteiger partial charge is 0.370 e. The summed E-state index contributed by atoms with van der Waals surface area (Å²) < 4.78 is 0. The summed E-state index contributed by atoms with van der Waals surface area (Å²) in [6.07, 6.45) is 3.31. The van der Waals surface area contributed by atoms with Gasteiger partial charge in [-0.25, -0.2) is 0 Å². The fourth-order valence-electron chi connectivity index (χ4n) is 3.26. The lowest BCUT2D eigenvalue weighted by molar-refractivity contribution is 0.232. The molecule has 1 N–H and O–H groups in total. The Morgan fingerprint density at radius 1 is 1.33 bits per heavy atom. The zero-order chi connectivity index (χ0) is 15.2. The lowest BCUT2D eigenvalue weighted by Crippen LogP contribution is -2.37. The van der Waals surface area contributed by atoms with Crippen LogP contribution in [0.2, 0.25) is 0 Å². The van der Waals surface area contributed by atoms with Crippen molar-refractivity contribution >= 4 is 5.69 Å².